The van der Waals surface area contributed by atoms with Crippen LogP contribution in [-0.2, 0) is 6.54 Å². The van der Waals surface area contributed by atoms with Gasteiger partial charge in [0.2, 0.25) is 0 Å². The third-order valence-corrected chi connectivity index (χ3v) is 5.27. The first-order valence-corrected chi connectivity index (χ1v) is 8.19. The molecule has 1 aromatic heterocycles. The summed E-state index contributed by atoms with van der Waals surface area (Å²) in [6, 6.07) is 3.88. The van der Waals surface area contributed by atoms with Gasteiger partial charge in [-0.15, -0.1) is 0 Å². The van der Waals surface area contributed by atoms with Gasteiger partial charge in [-0.2, -0.15) is 0 Å². The van der Waals surface area contributed by atoms with Crippen molar-refractivity contribution in [3.63, 3.8) is 0 Å². The second-order valence-corrected chi connectivity index (χ2v) is 6.61. The van der Waals surface area contributed by atoms with Gasteiger partial charge in [-0.05, 0) is 43.4 Å². The molecule has 0 spiro atoms. The Morgan fingerprint density at radius 1 is 1.25 bits per heavy atom. The molecule has 1 N–H and O–H groups in total. The van der Waals surface area contributed by atoms with Crippen molar-refractivity contribution in [2.45, 2.75) is 38.6 Å². The lowest BCUT2D eigenvalue weighted by molar-refractivity contribution is 0.0813. The fourth-order valence-corrected chi connectivity index (χ4v) is 3.93. The molecule has 0 aromatic carbocycles. The normalized spacial score (nSPS) is 27.1. The second-order valence-electron chi connectivity index (χ2n) is 6.20. The van der Waals surface area contributed by atoms with Gasteiger partial charge in [0.15, 0.2) is 0 Å². The number of fused-ring (bicyclic) bond motifs is 1. The quantitative estimate of drug-likeness (QED) is 0.919. The van der Waals surface area contributed by atoms with Crippen LogP contribution in [0.2, 0.25) is 5.02 Å². The number of piperidine rings is 1. The standard InChI is InChI=1S/C16H24ClN3/c1-18-16-7-6-14(17)15(19-16)11-20-9-8-12-4-2-3-5-13(12)10-20/h6-7,12-13H,2-5,8-11H2,1H3,(H,18,19). The summed E-state index contributed by atoms with van der Waals surface area (Å²) >= 11 is 6.29. The maximum atomic E-state index is 6.29. The van der Waals surface area contributed by atoms with Crippen molar-refractivity contribution < 1.29 is 0 Å². The highest BCUT2D eigenvalue weighted by molar-refractivity contribution is 6.31. The van der Waals surface area contributed by atoms with Crippen LogP contribution in [0.15, 0.2) is 12.1 Å². The summed E-state index contributed by atoms with van der Waals surface area (Å²) in [6.07, 6.45) is 7.08. The number of pyridine rings is 1. The monoisotopic (exact) mass is 293 g/mol. The average molecular weight is 294 g/mol. The number of hydrogen-bond acceptors (Lipinski definition) is 3. The molecule has 1 aliphatic heterocycles. The van der Waals surface area contributed by atoms with Gasteiger partial charge >= 0.3 is 0 Å². The van der Waals surface area contributed by atoms with Gasteiger partial charge in [0.25, 0.3) is 0 Å². The van der Waals surface area contributed by atoms with Crippen LogP contribution in [0.4, 0.5) is 5.82 Å². The van der Waals surface area contributed by atoms with Crippen molar-refractivity contribution in [1.82, 2.24) is 9.88 Å². The zero-order chi connectivity index (χ0) is 13.9. The predicted octanol–water partition coefficient (Wildman–Crippen LogP) is 3.79. The maximum Gasteiger partial charge on any atom is 0.126 e. The molecule has 110 valence electrons. The molecule has 1 aliphatic carbocycles. The van der Waals surface area contributed by atoms with E-state index in [2.05, 4.69) is 15.2 Å². The minimum Gasteiger partial charge on any atom is -0.373 e. The first-order chi connectivity index (χ1) is 9.76. The maximum absolute atomic E-state index is 6.29. The van der Waals surface area contributed by atoms with Crippen molar-refractivity contribution in [3.05, 3.63) is 22.8 Å². The van der Waals surface area contributed by atoms with Gasteiger partial charge in [-0.3, -0.25) is 4.90 Å². The van der Waals surface area contributed by atoms with Crippen LogP contribution in [0, 0.1) is 11.8 Å². The Balaban J connectivity index is 1.66. The Hall–Kier alpha value is -0.800. The van der Waals surface area contributed by atoms with Crippen LogP contribution in [-0.4, -0.2) is 30.0 Å². The molecule has 1 saturated heterocycles. The molecule has 0 amide bonds. The van der Waals surface area contributed by atoms with E-state index in [1.165, 1.54) is 45.2 Å². The molecular formula is C16H24ClN3. The molecule has 0 radical (unpaired) electrons. The summed E-state index contributed by atoms with van der Waals surface area (Å²) in [5, 5.41) is 3.88. The zero-order valence-corrected chi connectivity index (χ0v) is 13.0. The van der Waals surface area contributed by atoms with Crippen LogP contribution in [0.25, 0.3) is 0 Å². The highest BCUT2D eigenvalue weighted by Crippen LogP contribution is 2.36. The topological polar surface area (TPSA) is 28.2 Å². The molecule has 3 nitrogen and oxygen atoms in total. The molecule has 2 unspecified atom stereocenters. The molecule has 1 aromatic rings. The van der Waals surface area contributed by atoms with E-state index in [-0.39, 0.29) is 0 Å². The Kier molecular flexibility index (Phi) is 4.47. The summed E-state index contributed by atoms with van der Waals surface area (Å²) in [6.45, 7) is 3.31. The van der Waals surface area contributed by atoms with Crippen molar-refractivity contribution in [1.29, 1.82) is 0 Å². The molecule has 4 heteroatoms. The third kappa shape index (κ3) is 3.09. The third-order valence-electron chi connectivity index (χ3n) is 4.92. The number of nitrogens with zero attached hydrogens (tertiary/aromatic N) is 2. The lowest BCUT2D eigenvalue weighted by Crippen LogP contribution is -2.41. The van der Waals surface area contributed by atoms with Gasteiger partial charge in [0.05, 0.1) is 10.7 Å². The summed E-state index contributed by atoms with van der Waals surface area (Å²) in [5.74, 6) is 2.78. The van der Waals surface area contributed by atoms with Crippen molar-refractivity contribution in [3.8, 4) is 0 Å². The van der Waals surface area contributed by atoms with Crippen molar-refractivity contribution >= 4 is 17.4 Å². The molecule has 1 saturated carbocycles. The fourth-order valence-electron chi connectivity index (χ4n) is 3.77. The second kappa shape index (κ2) is 6.31. The van der Waals surface area contributed by atoms with Crippen LogP contribution in [0.5, 0.6) is 0 Å². The van der Waals surface area contributed by atoms with E-state index in [1.807, 2.05) is 19.2 Å². The van der Waals surface area contributed by atoms with E-state index < -0.39 is 0 Å². The number of likely N-dealkylation sites (tertiary alicyclic amines) is 1. The van der Waals surface area contributed by atoms with E-state index in [4.69, 9.17) is 11.6 Å². The van der Waals surface area contributed by atoms with E-state index in [0.29, 0.717) is 0 Å². The first kappa shape index (κ1) is 14.2. The molecule has 2 heterocycles. The van der Waals surface area contributed by atoms with E-state index >= 15 is 0 Å². The minimum atomic E-state index is 0.787. The Bertz CT molecular complexity index is 463. The highest BCUT2D eigenvalue weighted by Gasteiger charge is 2.31. The summed E-state index contributed by atoms with van der Waals surface area (Å²) < 4.78 is 0. The van der Waals surface area contributed by atoms with Crippen LogP contribution in [0.3, 0.4) is 0 Å². The zero-order valence-electron chi connectivity index (χ0n) is 12.2. The number of nitrogens with one attached hydrogen (secondary N) is 1. The van der Waals surface area contributed by atoms with Crippen molar-refractivity contribution in [2.24, 2.45) is 11.8 Å². The van der Waals surface area contributed by atoms with E-state index in [0.717, 1.165) is 34.9 Å². The summed E-state index contributed by atoms with van der Waals surface area (Å²) in [4.78, 5) is 7.15. The van der Waals surface area contributed by atoms with E-state index in [1.54, 1.807) is 0 Å². The number of hydrogen-bond donors (Lipinski definition) is 1. The van der Waals surface area contributed by atoms with Gasteiger partial charge in [0.1, 0.15) is 5.82 Å². The van der Waals surface area contributed by atoms with Gasteiger partial charge in [0, 0.05) is 20.1 Å². The van der Waals surface area contributed by atoms with Crippen LogP contribution < -0.4 is 5.32 Å². The fraction of sp³-hybridized carbons (Fsp3) is 0.688. The number of aromatic nitrogens is 1. The number of halogens is 1. The van der Waals surface area contributed by atoms with Gasteiger partial charge < -0.3 is 5.32 Å². The average Bonchev–Trinajstić information content (AvgIpc) is 2.49. The molecule has 0 bridgehead atoms. The summed E-state index contributed by atoms with van der Waals surface area (Å²) in [7, 11) is 1.90. The number of rotatable bonds is 3. The minimum absolute atomic E-state index is 0.787. The molecule has 20 heavy (non-hydrogen) atoms. The Labute approximate surface area is 126 Å². The summed E-state index contributed by atoms with van der Waals surface area (Å²) in [5.41, 5.74) is 1.01. The van der Waals surface area contributed by atoms with Crippen molar-refractivity contribution in [2.75, 3.05) is 25.5 Å². The molecule has 2 fully saturated rings. The lowest BCUT2D eigenvalue weighted by atomic mass is 9.75. The number of anilines is 1. The van der Waals surface area contributed by atoms with Gasteiger partial charge in [-0.25, -0.2) is 4.98 Å². The molecule has 2 atom stereocenters. The molecular weight excluding hydrogens is 270 g/mol. The predicted molar refractivity (Wildman–Crippen MR) is 84.1 cm³/mol. The Morgan fingerprint density at radius 3 is 2.85 bits per heavy atom. The molecule has 3 rings (SSSR count). The molecule has 2 aliphatic rings. The largest absolute Gasteiger partial charge is 0.373 e. The van der Waals surface area contributed by atoms with Crippen LogP contribution in [0.1, 0.15) is 37.8 Å². The van der Waals surface area contributed by atoms with Crippen LogP contribution >= 0.6 is 11.6 Å². The Morgan fingerprint density at radius 2 is 2.05 bits per heavy atom. The lowest BCUT2D eigenvalue weighted by Gasteiger charge is -2.41. The van der Waals surface area contributed by atoms with Gasteiger partial charge in [-0.1, -0.05) is 30.9 Å². The van der Waals surface area contributed by atoms with E-state index in [9.17, 15) is 0 Å². The smallest absolute Gasteiger partial charge is 0.126 e. The first-order valence-electron chi connectivity index (χ1n) is 7.82. The highest BCUT2D eigenvalue weighted by atomic mass is 35.5. The SMILES string of the molecule is CNc1ccc(Cl)c(CN2CCC3CCCCC3C2)n1.